The summed E-state index contributed by atoms with van der Waals surface area (Å²) in [6.07, 6.45) is 2.30. The van der Waals surface area contributed by atoms with Gasteiger partial charge in [0.2, 0.25) is 5.91 Å². The van der Waals surface area contributed by atoms with E-state index in [2.05, 4.69) is 0 Å². The first kappa shape index (κ1) is 23.0. The summed E-state index contributed by atoms with van der Waals surface area (Å²) in [4.78, 5) is 25.0. The zero-order valence-corrected chi connectivity index (χ0v) is 17.8. The molecule has 30 heavy (non-hydrogen) atoms. The number of carbonyl (C=O) groups excluding carboxylic acids is 1. The van der Waals surface area contributed by atoms with Crippen LogP contribution in [0.4, 0.5) is 0 Å². The third kappa shape index (κ3) is 6.95. The summed E-state index contributed by atoms with van der Waals surface area (Å²) in [7, 11) is 0. The minimum atomic E-state index is -1.07. The van der Waals surface area contributed by atoms with Gasteiger partial charge in [-0.1, -0.05) is 36.4 Å². The molecule has 0 atom stereocenters. The highest BCUT2D eigenvalue weighted by atomic mass is 16.5. The topological polar surface area (TPSA) is 76.1 Å². The lowest BCUT2D eigenvalue weighted by Gasteiger charge is -2.17. The van der Waals surface area contributed by atoms with E-state index in [-0.39, 0.29) is 5.91 Å². The first-order chi connectivity index (χ1) is 14.4. The van der Waals surface area contributed by atoms with Crippen LogP contribution in [0.15, 0.2) is 54.6 Å². The SMILES string of the molecule is CCN(CC)C(=O)C=C(C)c1ccc(OCCc2ccccc2)c(OCC(=O)O)c1. The lowest BCUT2D eigenvalue weighted by molar-refractivity contribution is -0.139. The normalized spacial score (nSPS) is 11.1. The van der Waals surface area contributed by atoms with E-state index in [9.17, 15) is 9.59 Å². The molecule has 0 aliphatic rings. The number of nitrogens with zero attached hydrogens (tertiary/aromatic N) is 1. The molecule has 160 valence electrons. The molecule has 1 amide bonds. The maximum absolute atomic E-state index is 12.3. The fourth-order valence-electron chi connectivity index (χ4n) is 2.94. The third-order valence-corrected chi connectivity index (χ3v) is 4.66. The van der Waals surface area contributed by atoms with Gasteiger partial charge in [-0.25, -0.2) is 4.79 Å². The highest BCUT2D eigenvalue weighted by Gasteiger charge is 2.12. The Morgan fingerprint density at radius 3 is 2.33 bits per heavy atom. The number of aliphatic carboxylic acids is 1. The van der Waals surface area contributed by atoms with Gasteiger partial charge in [0.25, 0.3) is 0 Å². The van der Waals surface area contributed by atoms with E-state index < -0.39 is 12.6 Å². The molecule has 0 bridgehead atoms. The third-order valence-electron chi connectivity index (χ3n) is 4.66. The quantitative estimate of drug-likeness (QED) is 0.565. The van der Waals surface area contributed by atoms with Crippen molar-refractivity contribution in [3.8, 4) is 11.5 Å². The summed E-state index contributed by atoms with van der Waals surface area (Å²) in [5, 5.41) is 8.98. The Balaban J connectivity index is 2.17. The van der Waals surface area contributed by atoms with E-state index in [0.717, 1.165) is 23.1 Å². The number of hydrogen-bond acceptors (Lipinski definition) is 4. The molecule has 0 radical (unpaired) electrons. The Morgan fingerprint density at radius 2 is 1.70 bits per heavy atom. The number of amides is 1. The summed E-state index contributed by atoms with van der Waals surface area (Å²) < 4.78 is 11.3. The molecule has 0 aliphatic heterocycles. The van der Waals surface area contributed by atoms with Crippen LogP contribution >= 0.6 is 0 Å². The van der Waals surface area contributed by atoms with Crippen molar-refractivity contribution < 1.29 is 24.2 Å². The van der Waals surface area contributed by atoms with Gasteiger partial charge in [0.1, 0.15) is 0 Å². The van der Waals surface area contributed by atoms with Gasteiger partial charge in [0.15, 0.2) is 18.1 Å². The second-order valence-corrected chi connectivity index (χ2v) is 6.77. The van der Waals surface area contributed by atoms with Gasteiger partial charge in [0.05, 0.1) is 6.61 Å². The van der Waals surface area contributed by atoms with Crippen molar-refractivity contribution >= 4 is 17.4 Å². The highest BCUT2D eigenvalue weighted by Crippen LogP contribution is 2.31. The Hall–Kier alpha value is -3.28. The zero-order valence-electron chi connectivity index (χ0n) is 17.8. The molecule has 0 saturated carbocycles. The molecule has 2 aromatic carbocycles. The lowest BCUT2D eigenvalue weighted by Crippen LogP contribution is -2.28. The fourth-order valence-corrected chi connectivity index (χ4v) is 2.94. The first-order valence-corrected chi connectivity index (χ1v) is 10.1. The van der Waals surface area contributed by atoms with Gasteiger partial charge in [-0.2, -0.15) is 0 Å². The van der Waals surface area contributed by atoms with Crippen LogP contribution in [0, 0.1) is 0 Å². The van der Waals surface area contributed by atoms with Crippen LogP contribution < -0.4 is 9.47 Å². The van der Waals surface area contributed by atoms with E-state index >= 15 is 0 Å². The van der Waals surface area contributed by atoms with E-state index in [1.807, 2.05) is 57.2 Å². The van der Waals surface area contributed by atoms with E-state index in [0.29, 0.717) is 31.2 Å². The van der Waals surface area contributed by atoms with Crippen LogP contribution in [0.3, 0.4) is 0 Å². The predicted molar refractivity (Wildman–Crippen MR) is 117 cm³/mol. The Bertz CT molecular complexity index is 872. The number of carboxylic acids is 1. The highest BCUT2D eigenvalue weighted by molar-refractivity contribution is 5.95. The van der Waals surface area contributed by atoms with Crippen molar-refractivity contribution in [2.45, 2.75) is 27.2 Å². The number of rotatable bonds is 11. The number of carboxylic acid groups (broad SMARTS) is 1. The average molecular weight is 411 g/mol. The monoisotopic (exact) mass is 411 g/mol. The minimum Gasteiger partial charge on any atom is -0.489 e. The Morgan fingerprint density at radius 1 is 1.00 bits per heavy atom. The minimum absolute atomic E-state index is 0.0614. The van der Waals surface area contributed by atoms with Gasteiger partial charge in [-0.05, 0) is 49.6 Å². The number of benzene rings is 2. The molecular formula is C24H29NO5. The number of ether oxygens (including phenoxy) is 2. The summed E-state index contributed by atoms with van der Waals surface area (Å²) in [5.74, 6) is -0.321. The summed E-state index contributed by atoms with van der Waals surface area (Å²) >= 11 is 0. The van der Waals surface area contributed by atoms with Gasteiger partial charge in [0, 0.05) is 25.6 Å². The van der Waals surface area contributed by atoms with Crippen molar-refractivity contribution in [2.24, 2.45) is 0 Å². The molecule has 0 heterocycles. The summed E-state index contributed by atoms with van der Waals surface area (Å²) in [6, 6.07) is 15.2. The Kier molecular flexibility index (Phi) is 8.94. The van der Waals surface area contributed by atoms with Crippen LogP contribution in [0.25, 0.3) is 5.57 Å². The maximum Gasteiger partial charge on any atom is 0.341 e. The molecule has 0 unspecified atom stereocenters. The number of allylic oxidation sites excluding steroid dienone is 1. The van der Waals surface area contributed by atoms with E-state index in [4.69, 9.17) is 14.6 Å². The molecule has 0 aromatic heterocycles. The smallest absolute Gasteiger partial charge is 0.341 e. The second kappa shape index (κ2) is 11.7. The molecule has 0 aliphatic carbocycles. The van der Waals surface area contributed by atoms with Gasteiger partial charge in [-0.15, -0.1) is 0 Å². The first-order valence-electron chi connectivity index (χ1n) is 10.1. The lowest BCUT2D eigenvalue weighted by atomic mass is 10.1. The van der Waals surface area contributed by atoms with E-state index in [1.54, 1.807) is 23.1 Å². The van der Waals surface area contributed by atoms with Crippen LogP contribution in [0.1, 0.15) is 31.9 Å². The molecule has 1 N–H and O–H groups in total. The van der Waals surface area contributed by atoms with Crippen molar-refractivity contribution in [2.75, 3.05) is 26.3 Å². The Labute approximate surface area is 177 Å². The molecular weight excluding hydrogens is 382 g/mol. The van der Waals surface area contributed by atoms with Crippen molar-refractivity contribution in [1.29, 1.82) is 0 Å². The maximum atomic E-state index is 12.3. The molecule has 0 saturated heterocycles. The van der Waals surface area contributed by atoms with Crippen molar-refractivity contribution in [3.05, 3.63) is 65.7 Å². The van der Waals surface area contributed by atoms with Gasteiger partial charge >= 0.3 is 5.97 Å². The molecule has 2 rings (SSSR count). The summed E-state index contributed by atoms with van der Waals surface area (Å²) in [6.45, 7) is 6.95. The predicted octanol–water partition coefficient (Wildman–Crippen LogP) is 4.04. The molecule has 6 nitrogen and oxygen atoms in total. The molecule has 0 fully saturated rings. The van der Waals surface area contributed by atoms with Crippen LogP contribution in [0.2, 0.25) is 0 Å². The number of hydrogen-bond donors (Lipinski definition) is 1. The van der Waals surface area contributed by atoms with Gasteiger partial charge < -0.3 is 19.5 Å². The number of carbonyl (C=O) groups is 2. The molecule has 0 spiro atoms. The van der Waals surface area contributed by atoms with Crippen LogP contribution in [-0.4, -0.2) is 48.2 Å². The van der Waals surface area contributed by atoms with Crippen LogP contribution in [0.5, 0.6) is 11.5 Å². The zero-order chi connectivity index (χ0) is 21.9. The largest absolute Gasteiger partial charge is 0.489 e. The standard InChI is InChI=1S/C24H29NO5/c1-4-25(5-2)23(26)15-18(3)20-11-12-21(22(16-20)30-17-24(27)28)29-14-13-19-9-7-6-8-10-19/h6-12,15-16H,4-5,13-14,17H2,1-3H3,(H,27,28). The van der Waals surface area contributed by atoms with E-state index in [1.165, 1.54) is 0 Å². The number of likely N-dealkylation sites (N-methyl/N-ethyl adjacent to an activating group) is 1. The fraction of sp³-hybridized carbons (Fsp3) is 0.333. The second-order valence-electron chi connectivity index (χ2n) is 6.77. The molecule has 6 heteroatoms. The molecule has 2 aromatic rings. The average Bonchev–Trinajstić information content (AvgIpc) is 2.74. The van der Waals surface area contributed by atoms with Crippen LogP contribution in [-0.2, 0) is 16.0 Å². The van der Waals surface area contributed by atoms with Crippen molar-refractivity contribution in [1.82, 2.24) is 4.90 Å². The van der Waals surface area contributed by atoms with Crippen molar-refractivity contribution in [3.63, 3.8) is 0 Å². The van der Waals surface area contributed by atoms with Gasteiger partial charge in [-0.3, -0.25) is 4.79 Å². The summed E-state index contributed by atoms with van der Waals surface area (Å²) in [5.41, 5.74) is 2.69.